The molecule has 0 spiro atoms. The highest BCUT2D eigenvalue weighted by Crippen LogP contribution is 2.37. The minimum atomic E-state index is -0.152. The summed E-state index contributed by atoms with van der Waals surface area (Å²) in [4.78, 5) is 16.6. The van der Waals surface area contributed by atoms with Crippen molar-refractivity contribution in [2.75, 3.05) is 0 Å². The lowest BCUT2D eigenvalue weighted by atomic mass is 10.0. The second-order valence-electron chi connectivity index (χ2n) is 6.03. The summed E-state index contributed by atoms with van der Waals surface area (Å²) in [5, 5.41) is 10.2. The Balaban J connectivity index is 1.99. The van der Waals surface area contributed by atoms with E-state index in [1.165, 1.54) is 6.08 Å². The fourth-order valence-electron chi connectivity index (χ4n) is 3.10. The number of aliphatic imine (C=N–C) groups is 1. The number of thiophene rings is 1. The van der Waals surface area contributed by atoms with Gasteiger partial charge >= 0.3 is 0 Å². The highest BCUT2D eigenvalue weighted by atomic mass is 35.5. The van der Waals surface area contributed by atoms with Crippen LogP contribution < -0.4 is 0 Å². The number of hydrogen-bond donors (Lipinski definition) is 0. The first-order chi connectivity index (χ1) is 12.6. The van der Waals surface area contributed by atoms with Gasteiger partial charge in [-0.15, -0.1) is 21.5 Å². The molecule has 0 aliphatic carbocycles. The van der Waals surface area contributed by atoms with Crippen LogP contribution >= 0.6 is 22.9 Å². The van der Waals surface area contributed by atoms with E-state index < -0.39 is 0 Å². The molecule has 5 nitrogen and oxygen atoms in total. The fourth-order valence-corrected chi connectivity index (χ4v) is 4.50. The molecule has 0 bridgehead atoms. The Morgan fingerprint density at radius 3 is 2.88 bits per heavy atom. The summed E-state index contributed by atoms with van der Waals surface area (Å²) in [5.41, 5.74) is 2.69. The van der Waals surface area contributed by atoms with Crippen LogP contribution in [-0.4, -0.2) is 26.4 Å². The summed E-state index contributed by atoms with van der Waals surface area (Å²) in [6, 6.07) is 9.60. The smallest absolute Gasteiger partial charge is 0.162 e. The third kappa shape index (κ3) is 2.72. The number of halogens is 1. The molecule has 0 N–H and O–H groups in total. The van der Waals surface area contributed by atoms with Crippen molar-refractivity contribution in [3.05, 3.63) is 69.1 Å². The van der Waals surface area contributed by atoms with E-state index in [9.17, 15) is 4.79 Å². The van der Waals surface area contributed by atoms with E-state index in [2.05, 4.69) is 16.3 Å². The Morgan fingerprint density at radius 2 is 2.12 bits per heavy atom. The molecule has 3 aromatic rings. The van der Waals surface area contributed by atoms with Gasteiger partial charge in [0, 0.05) is 33.5 Å². The first kappa shape index (κ1) is 16.9. The van der Waals surface area contributed by atoms with Crippen LogP contribution in [0.4, 0.5) is 0 Å². The molecule has 1 aliphatic heterocycles. The van der Waals surface area contributed by atoms with Crippen molar-refractivity contribution in [3.8, 4) is 5.00 Å². The van der Waals surface area contributed by atoms with E-state index in [0.717, 1.165) is 38.4 Å². The zero-order valence-electron chi connectivity index (χ0n) is 14.2. The van der Waals surface area contributed by atoms with Gasteiger partial charge in [0.1, 0.15) is 22.8 Å². The second kappa shape index (κ2) is 6.65. The minimum Gasteiger partial charge on any atom is -0.273 e. The Bertz CT molecular complexity index is 1080. The largest absolute Gasteiger partial charge is 0.273 e. The van der Waals surface area contributed by atoms with Crippen molar-refractivity contribution in [2.24, 2.45) is 4.99 Å². The zero-order valence-corrected chi connectivity index (χ0v) is 15.8. The molecule has 3 heterocycles. The van der Waals surface area contributed by atoms with Gasteiger partial charge in [0.25, 0.3) is 0 Å². The van der Waals surface area contributed by atoms with E-state index in [0.29, 0.717) is 11.4 Å². The summed E-state index contributed by atoms with van der Waals surface area (Å²) in [7, 11) is 0. The van der Waals surface area contributed by atoms with Crippen LogP contribution in [0.1, 0.15) is 40.6 Å². The molecule has 2 aromatic heterocycles. The number of aromatic nitrogens is 3. The average molecular weight is 383 g/mol. The lowest BCUT2D eigenvalue weighted by Gasteiger charge is -2.09. The number of carbonyl (C=O) groups excluding carboxylic acids is 1. The van der Waals surface area contributed by atoms with Crippen molar-refractivity contribution in [3.63, 3.8) is 0 Å². The van der Waals surface area contributed by atoms with Gasteiger partial charge in [-0.2, -0.15) is 0 Å². The third-order valence-corrected chi connectivity index (χ3v) is 5.76. The number of nitrogens with zero attached hydrogens (tertiary/aromatic N) is 4. The average Bonchev–Trinajstić information content (AvgIpc) is 3.19. The Labute approximate surface area is 159 Å². The second-order valence-corrected chi connectivity index (χ2v) is 7.55. The molecular formula is C19H15ClN4OS. The van der Waals surface area contributed by atoms with Gasteiger partial charge in [-0.1, -0.05) is 29.8 Å². The number of benzene rings is 1. The van der Waals surface area contributed by atoms with Crippen LogP contribution in [0.15, 0.2) is 41.4 Å². The molecule has 0 amide bonds. The summed E-state index contributed by atoms with van der Waals surface area (Å²) in [5.74, 6) is 3.45. The predicted octanol–water partition coefficient (Wildman–Crippen LogP) is 4.13. The van der Waals surface area contributed by atoms with Gasteiger partial charge in [0.05, 0.1) is 5.71 Å². The number of fused-ring (bicyclic) bond motifs is 3. The van der Waals surface area contributed by atoms with E-state index in [-0.39, 0.29) is 6.04 Å². The van der Waals surface area contributed by atoms with Crippen LogP contribution in [0.25, 0.3) is 5.00 Å². The van der Waals surface area contributed by atoms with Crippen LogP contribution in [0.5, 0.6) is 0 Å². The van der Waals surface area contributed by atoms with E-state index in [4.69, 9.17) is 16.6 Å². The van der Waals surface area contributed by atoms with Gasteiger partial charge in [0.15, 0.2) is 5.82 Å². The molecule has 0 saturated carbocycles. The van der Waals surface area contributed by atoms with Crippen LogP contribution in [0, 0.1) is 6.92 Å². The molecule has 1 aliphatic rings. The molecule has 0 radical (unpaired) electrons. The standard InChI is InChI=1S/C19H15ClN4OS/c1-11-18-23-22-12(2)24(18)19-15(10-13(26-19)6-5-9-25)17(21-11)14-7-3-4-8-16(14)20/h3-5,7-8,10-11H,6H2,1-2H3. The third-order valence-electron chi connectivity index (χ3n) is 4.28. The van der Waals surface area contributed by atoms with Gasteiger partial charge in [0.2, 0.25) is 0 Å². The zero-order chi connectivity index (χ0) is 18.3. The van der Waals surface area contributed by atoms with E-state index in [1.54, 1.807) is 11.3 Å². The first-order valence-corrected chi connectivity index (χ1v) is 9.37. The van der Waals surface area contributed by atoms with Gasteiger partial charge < -0.3 is 0 Å². The molecule has 1 unspecified atom stereocenters. The van der Waals surface area contributed by atoms with Crippen molar-refractivity contribution >= 4 is 34.6 Å². The fraction of sp³-hybridized carbons (Fsp3) is 0.211. The number of allylic oxidation sites excluding steroid dienone is 1. The molecule has 130 valence electrons. The van der Waals surface area contributed by atoms with Crippen molar-refractivity contribution in [1.82, 2.24) is 14.8 Å². The normalized spacial score (nSPS) is 15.5. The van der Waals surface area contributed by atoms with Crippen LogP contribution in [-0.2, 0) is 11.2 Å². The predicted molar refractivity (Wildman–Crippen MR) is 103 cm³/mol. The Morgan fingerprint density at radius 1 is 1.31 bits per heavy atom. The SMILES string of the molecule is Cc1nnc2n1-c1sc(CC=C=O)cc1C(c1ccccc1Cl)=NC2C. The lowest BCUT2D eigenvalue weighted by molar-refractivity contribution is 0.568. The topological polar surface area (TPSA) is 60.1 Å². The minimum absolute atomic E-state index is 0.152. The summed E-state index contributed by atoms with van der Waals surface area (Å²) in [6.45, 7) is 3.93. The van der Waals surface area contributed by atoms with Gasteiger partial charge in [-0.3, -0.25) is 9.56 Å². The summed E-state index contributed by atoms with van der Waals surface area (Å²) >= 11 is 8.07. The van der Waals surface area contributed by atoms with Gasteiger partial charge in [-0.25, -0.2) is 4.79 Å². The highest BCUT2D eigenvalue weighted by Gasteiger charge is 2.28. The van der Waals surface area contributed by atoms with Crippen molar-refractivity contribution in [2.45, 2.75) is 26.3 Å². The van der Waals surface area contributed by atoms with Crippen molar-refractivity contribution in [1.29, 1.82) is 0 Å². The quantitative estimate of drug-likeness (QED) is 0.640. The number of aryl methyl sites for hydroxylation is 1. The summed E-state index contributed by atoms with van der Waals surface area (Å²) < 4.78 is 2.05. The molecule has 1 aromatic carbocycles. The molecule has 0 fully saturated rings. The van der Waals surface area contributed by atoms with Crippen LogP contribution in [0.3, 0.4) is 0 Å². The Kier molecular flexibility index (Phi) is 4.32. The molecular weight excluding hydrogens is 368 g/mol. The maximum Gasteiger partial charge on any atom is 0.162 e. The molecule has 0 saturated heterocycles. The molecule has 26 heavy (non-hydrogen) atoms. The van der Waals surface area contributed by atoms with E-state index in [1.807, 2.05) is 48.6 Å². The lowest BCUT2D eigenvalue weighted by Crippen LogP contribution is -2.05. The van der Waals surface area contributed by atoms with Crippen molar-refractivity contribution < 1.29 is 4.79 Å². The maximum absolute atomic E-state index is 10.6. The number of rotatable bonds is 3. The monoisotopic (exact) mass is 382 g/mol. The molecule has 4 rings (SSSR count). The Hall–Kier alpha value is -2.53. The van der Waals surface area contributed by atoms with Crippen LogP contribution in [0.2, 0.25) is 5.02 Å². The van der Waals surface area contributed by atoms with Gasteiger partial charge in [-0.05, 0) is 26.0 Å². The maximum atomic E-state index is 10.6. The highest BCUT2D eigenvalue weighted by molar-refractivity contribution is 7.15. The van der Waals surface area contributed by atoms with E-state index >= 15 is 0 Å². The number of hydrogen-bond acceptors (Lipinski definition) is 5. The molecule has 1 atom stereocenters. The molecule has 7 heteroatoms. The first-order valence-electron chi connectivity index (χ1n) is 8.17. The summed E-state index contributed by atoms with van der Waals surface area (Å²) in [6.07, 6.45) is 2.02.